The van der Waals surface area contributed by atoms with Gasteiger partial charge in [-0.25, -0.2) is 17.9 Å². The quantitative estimate of drug-likeness (QED) is 0.578. The third-order valence-corrected chi connectivity index (χ3v) is 6.13. The van der Waals surface area contributed by atoms with Gasteiger partial charge in [-0.1, -0.05) is 36.9 Å². The maximum absolute atomic E-state index is 14.5. The van der Waals surface area contributed by atoms with E-state index in [4.69, 9.17) is 16.7 Å². The van der Waals surface area contributed by atoms with E-state index in [1.165, 1.54) is 24.4 Å². The minimum atomic E-state index is -1.47. The normalized spacial score (nSPS) is 15.3. The molecular weight excluding hydrogens is 392 g/mol. The van der Waals surface area contributed by atoms with Gasteiger partial charge in [-0.2, -0.15) is 0 Å². The summed E-state index contributed by atoms with van der Waals surface area (Å²) in [6.07, 6.45) is 5.40. The van der Waals surface area contributed by atoms with E-state index in [1.54, 1.807) is 12.1 Å². The fourth-order valence-electron chi connectivity index (χ4n) is 3.28. The van der Waals surface area contributed by atoms with Crippen molar-refractivity contribution in [3.63, 3.8) is 0 Å². The molecule has 2 aromatic rings. The number of carbonyl (C=O) groups is 1. The molecule has 1 aliphatic carbocycles. The average Bonchev–Trinajstić information content (AvgIpc) is 2.67. The molecule has 1 N–H and O–H groups in total. The van der Waals surface area contributed by atoms with Gasteiger partial charge >= 0.3 is 5.97 Å². The van der Waals surface area contributed by atoms with Crippen molar-refractivity contribution in [2.45, 2.75) is 49.6 Å². The molecule has 0 aliphatic heterocycles. The predicted molar refractivity (Wildman–Crippen MR) is 103 cm³/mol. The molecule has 0 bridgehead atoms. The molecule has 0 aromatic heterocycles. The SMILES string of the molecule is O=C(O)c1ccc(CN(Sc2ccc(Cl)cc2)C2CCCCC2)c(F)c1F. The second-order valence-corrected chi connectivity index (χ2v) is 8.18. The Hall–Kier alpha value is -1.63. The third kappa shape index (κ3) is 5.00. The van der Waals surface area contributed by atoms with E-state index in [0.29, 0.717) is 5.02 Å². The number of rotatable bonds is 6. The van der Waals surface area contributed by atoms with Crippen LogP contribution < -0.4 is 0 Å². The minimum Gasteiger partial charge on any atom is -0.478 e. The molecule has 0 heterocycles. The summed E-state index contributed by atoms with van der Waals surface area (Å²) in [5.41, 5.74) is -0.490. The first-order valence-corrected chi connectivity index (χ1v) is 10.0. The van der Waals surface area contributed by atoms with Crippen LogP contribution in [0.15, 0.2) is 41.3 Å². The van der Waals surface area contributed by atoms with Crippen molar-refractivity contribution in [2.75, 3.05) is 0 Å². The fourth-order valence-corrected chi connectivity index (χ4v) is 4.50. The van der Waals surface area contributed by atoms with Crippen molar-refractivity contribution in [1.82, 2.24) is 4.31 Å². The molecule has 0 unspecified atom stereocenters. The standard InChI is InChI=1S/C20H20ClF2NO2S/c21-14-7-9-16(10-8-14)27-24(15-4-2-1-3-5-15)12-13-6-11-17(20(25)26)19(23)18(13)22/h6-11,15H,1-5,12H2,(H,25,26). The molecule has 2 aromatic carbocycles. The van der Waals surface area contributed by atoms with Crippen LogP contribution in [0, 0.1) is 11.6 Å². The summed E-state index contributed by atoms with van der Waals surface area (Å²) in [7, 11) is 0. The highest BCUT2D eigenvalue weighted by atomic mass is 35.5. The first kappa shape index (κ1) is 20.1. The van der Waals surface area contributed by atoms with Gasteiger partial charge in [-0.15, -0.1) is 0 Å². The first-order valence-electron chi connectivity index (χ1n) is 8.86. The molecule has 1 saturated carbocycles. The van der Waals surface area contributed by atoms with E-state index >= 15 is 0 Å². The summed E-state index contributed by atoms with van der Waals surface area (Å²) in [5.74, 6) is -3.87. The topological polar surface area (TPSA) is 40.5 Å². The zero-order valence-corrected chi connectivity index (χ0v) is 16.2. The van der Waals surface area contributed by atoms with Crippen molar-refractivity contribution in [2.24, 2.45) is 0 Å². The number of nitrogens with zero attached hydrogens (tertiary/aromatic N) is 1. The Morgan fingerprint density at radius 2 is 1.74 bits per heavy atom. The molecule has 3 nitrogen and oxygen atoms in total. The number of hydrogen-bond acceptors (Lipinski definition) is 3. The Bertz CT molecular complexity index is 810. The number of halogens is 3. The predicted octanol–water partition coefficient (Wildman–Crippen LogP) is 6.16. The number of carboxylic acids is 1. The summed E-state index contributed by atoms with van der Waals surface area (Å²) in [6.45, 7) is 0.195. The number of carboxylic acid groups (broad SMARTS) is 1. The summed E-state index contributed by atoms with van der Waals surface area (Å²) >= 11 is 7.44. The molecule has 0 spiro atoms. The van der Waals surface area contributed by atoms with E-state index in [9.17, 15) is 13.6 Å². The summed E-state index contributed by atoms with van der Waals surface area (Å²) < 4.78 is 30.6. The van der Waals surface area contributed by atoms with Crippen LogP contribution in [0.5, 0.6) is 0 Å². The maximum atomic E-state index is 14.5. The summed E-state index contributed by atoms with van der Waals surface area (Å²) in [5, 5.41) is 9.59. The van der Waals surface area contributed by atoms with Crippen LogP contribution in [0.3, 0.4) is 0 Å². The molecular formula is C20H20ClF2NO2S. The largest absolute Gasteiger partial charge is 0.478 e. The number of aromatic carboxylic acids is 1. The molecule has 0 radical (unpaired) electrons. The maximum Gasteiger partial charge on any atom is 0.338 e. The van der Waals surface area contributed by atoms with Gasteiger partial charge in [0.1, 0.15) is 0 Å². The summed E-state index contributed by atoms with van der Waals surface area (Å²) in [4.78, 5) is 12.0. The van der Waals surface area contributed by atoms with Crippen molar-refractivity contribution in [1.29, 1.82) is 0 Å². The van der Waals surface area contributed by atoms with E-state index in [0.717, 1.165) is 36.6 Å². The number of benzene rings is 2. The lowest BCUT2D eigenvalue weighted by atomic mass is 9.95. The highest BCUT2D eigenvalue weighted by Crippen LogP contribution is 2.34. The van der Waals surface area contributed by atoms with Crippen LogP contribution in [-0.2, 0) is 6.54 Å². The zero-order chi connectivity index (χ0) is 19.4. The third-order valence-electron chi connectivity index (χ3n) is 4.74. The van der Waals surface area contributed by atoms with Crippen molar-refractivity contribution in [3.8, 4) is 0 Å². The van der Waals surface area contributed by atoms with Gasteiger partial charge < -0.3 is 5.11 Å². The van der Waals surface area contributed by atoms with Crippen LogP contribution in [0.25, 0.3) is 0 Å². The smallest absolute Gasteiger partial charge is 0.338 e. The Morgan fingerprint density at radius 3 is 2.37 bits per heavy atom. The van der Waals surface area contributed by atoms with Crippen LogP contribution in [0.1, 0.15) is 48.0 Å². The Balaban J connectivity index is 1.85. The number of hydrogen-bond donors (Lipinski definition) is 1. The molecule has 7 heteroatoms. The molecule has 0 atom stereocenters. The lowest BCUT2D eigenvalue weighted by Gasteiger charge is -2.33. The highest BCUT2D eigenvalue weighted by Gasteiger charge is 2.25. The molecule has 1 fully saturated rings. The van der Waals surface area contributed by atoms with E-state index in [1.807, 2.05) is 12.1 Å². The van der Waals surface area contributed by atoms with Crippen molar-refractivity contribution in [3.05, 3.63) is 64.2 Å². The molecule has 1 aliphatic rings. The van der Waals surface area contributed by atoms with Gasteiger partial charge in [0.05, 0.1) is 5.56 Å². The lowest BCUT2D eigenvalue weighted by Crippen LogP contribution is -2.31. The van der Waals surface area contributed by atoms with Gasteiger partial charge in [0.15, 0.2) is 11.6 Å². The Kier molecular flexibility index (Phi) is 6.73. The van der Waals surface area contributed by atoms with E-state index < -0.39 is 23.2 Å². The van der Waals surface area contributed by atoms with Crippen LogP contribution in [-0.4, -0.2) is 21.4 Å². The highest BCUT2D eigenvalue weighted by molar-refractivity contribution is 7.97. The zero-order valence-electron chi connectivity index (χ0n) is 14.6. The molecule has 0 amide bonds. The van der Waals surface area contributed by atoms with Crippen molar-refractivity contribution >= 4 is 29.5 Å². The second-order valence-electron chi connectivity index (χ2n) is 6.62. The summed E-state index contributed by atoms with van der Waals surface area (Å²) in [6, 6.07) is 10.1. The fraction of sp³-hybridized carbons (Fsp3) is 0.350. The van der Waals surface area contributed by atoms with Crippen LogP contribution in [0.4, 0.5) is 8.78 Å². The second kappa shape index (κ2) is 9.04. The minimum absolute atomic E-state index is 0.157. The van der Waals surface area contributed by atoms with Gasteiger partial charge in [-0.05, 0) is 55.1 Å². The van der Waals surface area contributed by atoms with Gasteiger partial charge in [-0.3, -0.25) is 0 Å². The van der Waals surface area contributed by atoms with Crippen LogP contribution >= 0.6 is 23.5 Å². The van der Waals surface area contributed by atoms with E-state index in [2.05, 4.69) is 4.31 Å². The first-order chi connectivity index (χ1) is 13.0. The molecule has 0 saturated heterocycles. The Morgan fingerprint density at radius 1 is 1.07 bits per heavy atom. The Labute approximate surface area is 166 Å². The van der Waals surface area contributed by atoms with Crippen molar-refractivity contribution < 1.29 is 18.7 Å². The lowest BCUT2D eigenvalue weighted by molar-refractivity contribution is 0.0690. The molecule has 3 rings (SSSR count). The van der Waals surface area contributed by atoms with Crippen LogP contribution in [0.2, 0.25) is 5.02 Å². The molecule has 27 heavy (non-hydrogen) atoms. The van der Waals surface area contributed by atoms with E-state index in [-0.39, 0.29) is 18.2 Å². The van der Waals surface area contributed by atoms with Gasteiger partial charge in [0, 0.05) is 28.1 Å². The monoisotopic (exact) mass is 411 g/mol. The van der Waals surface area contributed by atoms with Gasteiger partial charge in [0.2, 0.25) is 0 Å². The van der Waals surface area contributed by atoms with Gasteiger partial charge in [0.25, 0.3) is 0 Å². The molecule has 144 valence electrons. The average molecular weight is 412 g/mol.